The summed E-state index contributed by atoms with van der Waals surface area (Å²) in [6.45, 7) is -0.111. The van der Waals surface area contributed by atoms with Gasteiger partial charge >= 0.3 is 5.63 Å². The summed E-state index contributed by atoms with van der Waals surface area (Å²) in [4.78, 5) is 24.9. The quantitative estimate of drug-likeness (QED) is 0.612. The monoisotopic (exact) mass is 383 g/mol. The minimum absolute atomic E-state index is 0.111. The first-order chi connectivity index (χ1) is 13.1. The van der Waals surface area contributed by atoms with Crippen LogP contribution in [0.3, 0.4) is 0 Å². The number of fused-ring (bicyclic) bond motifs is 1. The number of amides is 1. The Balaban J connectivity index is 1.88. The molecule has 0 bridgehead atoms. The van der Waals surface area contributed by atoms with Crippen LogP contribution in [-0.4, -0.2) is 35.7 Å². The van der Waals surface area contributed by atoms with Gasteiger partial charge in [-0.05, 0) is 48.3 Å². The van der Waals surface area contributed by atoms with Gasteiger partial charge in [0.05, 0.1) is 18.2 Å². The van der Waals surface area contributed by atoms with Crippen LogP contribution in [0.15, 0.2) is 63.8 Å². The van der Waals surface area contributed by atoms with Crippen molar-refractivity contribution >= 4 is 28.6 Å². The van der Waals surface area contributed by atoms with Crippen LogP contribution < -0.4 is 10.9 Å². The summed E-state index contributed by atoms with van der Waals surface area (Å²) in [6.07, 6.45) is 2.67. The standard InChI is InChI=1S/C21H21NO4S/c1-27-10-9-17(13-23)22-20(24)16-7-4-6-14(11-16)18-12-15-5-2-3-8-19(15)26-21(18)25/h2-8,11-12,17,23H,9-10,13H2,1H3,(H,22,24)/t17-/m1/s1. The van der Waals surface area contributed by atoms with Crippen LogP contribution in [0, 0.1) is 0 Å². The Bertz CT molecular complexity index is 999. The fraction of sp³-hybridized carbons (Fsp3) is 0.238. The zero-order valence-corrected chi connectivity index (χ0v) is 15.8. The van der Waals surface area contributed by atoms with Crippen molar-refractivity contribution < 1.29 is 14.3 Å². The summed E-state index contributed by atoms with van der Waals surface area (Å²) >= 11 is 1.66. The van der Waals surface area contributed by atoms with E-state index in [4.69, 9.17) is 4.42 Å². The van der Waals surface area contributed by atoms with Crippen LogP contribution in [0.5, 0.6) is 0 Å². The maximum absolute atomic E-state index is 12.5. The number of para-hydroxylation sites is 1. The van der Waals surface area contributed by atoms with Gasteiger partial charge in [-0.25, -0.2) is 4.79 Å². The molecule has 0 fully saturated rings. The van der Waals surface area contributed by atoms with E-state index in [1.807, 2.05) is 24.5 Å². The Morgan fingerprint density at radius 2 is 2.00 bits per heavy atom. The zero-order valence-electron chi connectivity index (χ0n) is 15.0. The predicted octanol–water partition coefficient (Wildman–Crippen LogP) is 3.30. The van der Waals surface area contributed by atoms with E-state index in [1.54, 1.807) is 48.2 Å². The molecular weight excluding hydrogens is 362 g/mol. The SMILES string of the molecule is CSCC[C@H](CO)NC(=O)c1cccc(-c2cc3ccccc3oc2=O)c1. The number of carbonyl (C=O) groups is 1. The second-order valence-corrected chi connectivity index (χ2v) is 7.19. The van der Waals surface area contributed by atoms with Gasteiger partial charge in [0.2, 0.25) is 0 Å². The number of thioether (sulfide) groups is 1. The summed E-state index contributed by atoms with van der Waals surface area (Å²) in [6, 6.07) is 15.6. The third-order valence-corrected chi connectivity index (χ3v) is 4.95. The number of nitrogens with one attached hydrogen (secondary N) is 1. The molecule has 0 saturated carbocycles. The molecular formula is C21H21NO4S. The minimum Gasteiger partial charge on any atom is -0.422 e. The predicted molar refractivity (Wildman–Crippen MR) is 109 cm³/mol. The molecule has 0 aliphatic carbocycles. The van der Waals surface area contributed by atoms with Crippen molar-refractivity contribution in [1.82, 2.24) is 5.32 Å². The van der Waals surface area contributed by atoms with Crippen LogP contribution in [0.1, 0.15) is 16.8 Å². The van der Waals surface area contributed by atoms with Gasteiger partial charge < -0.3 is 14.8 Å². The fourth-order valence-electron chi connectivity index (χ4n) is 2.83. The lowest BCUT2D eigenvalue weighted by Gasteiger charge is -2.16. The van der Waals surface area contributed by atoms with Gasteiger partial charge in [0.15, 0.2) is 0 Å². The number of hydrogen-bond acceptors (Lipinski definition) is 5. The minimum atomic E-state index is -0.445. The highest BCUT2D eigenvalue weighted by Crippen LogP contribution is 2.22. The van der Waals surface area contributed by atoms with Crippen molar-refractivity contribution in [1.29, 1.82) is 0 Å². The maximum Gasteiger partial charge on any atom is 0.344 e. The Labute approximate surface area is 161 Å². The molecule has 1 atom stereocenters. The van der Waals surface area contributed by atoms with Crippen molar-refractivity contribution in [3.05, 3.63) is 70.6 Å². The Kier molecular flexibility index (Phi) is 6.32. The molecule has 1 aromatic heterocycles. The van der Waals surface area contributed by atoms with Gasteiger partial charge in [-0.2, -0.15) is 11.8 Å². The smallest absolute Gasteiger partial charge is 0.344 e. The highest BCUT2D eigenvalue weighted by Gasteiger charge is 2.14. The van der Waals surface area contributed by atoms with E-state index < -0.39 is 5.63 Å². The molecule has 3 aromatic rings. The molecule has 5 nitrogen and oxygen atoms in total. The van der Waals surface area contributed by atoms with E-state index in [2.05, 4.69) is 5.32 Å². The lowest BCUT2D eigenvalue weighted by molar-refractivity contribution is 0.0915. The molecule has 3 rings (SSSR count). The first-order valence-corrected chi connectivity index (χ1v) is 10.1. The summed E-state index contributed by atoms with van der Waals surface area (Å²) in [7, 11) is 0. The van der Waals surface area contributed by atoms with Crippen LogP contribution in [0.4, 0.5) is 0 Å². The van der Waals surface area contributed by atoms with Crippen molar-refractivity contribution in [2.75, 3.05) is 18.6 Å². The number of hydrogen-bond donors (Lipinski definition) is 2. The Morgan fingerprint density at radius 1 is 1.19 bits per heavy atom. The molecule has 0 radical (unpaired) electrons. The number of aliphatic hydroxyl groups excluding tert-OH is 1. The van der Waals surface area contributed by atoms with Crippen LogP contribution in [-0.2, 0) is 0 Å². The van der Waals surface area contributed by atoms with E-state index in [0.717, 1.165) is 11.1 Å². The van der Waals surface area contributed by atoms with Gasteiger partial charge in [-0.1, -0.05) is 30.3 Å². The second-order valence-electron chi connectivity index (χ2n) is 6.20. The Hall–Kier alpha value is -2.57. The first-order valence-electron chi connectivity index (χ1n) is 8.66. The van der Waals surface area contributed by atoms with Gasteiger partial charge in [-0.3, -0.25) is 4.79 Å². The molecule has 0 aliphatic heterocycles. The zero-order chi connectivity index (χ0) is 19.2. The number of benzene rings is 2. The molecule has 1 amide bonds. The average Bonchev–Trinajstić information content (AvgIpc) is 2.70. The van der Waals surface area contributed by atoms with Gasteiger partial charge in [0, 0.05) is 10.9 Å². The molecule has 2 N–H and O–H groups in total. The molecule has 1 heterocycles. The summed E-state index contributed by atoms with van der Waals surface area (Å²) in [5.74, 6) is 0.575. The number of aliphatic hydroxyl groups is 1. The Morgan fingerprint density at radius 3 is 2.78 bits per heavy atom. The van der Waals surface area contributed by atoms with Crippen molar-refractivity contribution in [2.45, 2.75) is 12.5 Å². The highest BCUT2D eigenvalue weighted by atomic mass is 32.2. The lowest BCUT2D eigenvalue weighted by atomic mass is 10.0. The van der Waals surface area contributed by atoms with Crippen LogP contribution in [0.2, 0.25) is 0 Å². The van der Waals surface area contributed by atoms with E-state index in [0.29, 0.717) is 28.7 Å². The summed E-state index contributed by atoms with van der Waals surface area (Å²) in [5, 5.41) is 13.1. The number of carbonyl (C=O) groups excluding carboxylic acids is 1. The largest absolute Gasteiger partial charge is 0.422 e. The highest BCUT2D eigenvalue weighted by molar-refractivity contribution is 7.98. The van der Waals surface area contributed by atoms with Crippen LogP contribution >= 0.6 is 11.8 Å². The lowest BCUT2D eigenvalue weighted by Crippen LogP contribution is -2.37. The molecule has 0 spiro atoms. The number of rotatable bonds is 7. The third-order valence-electron chi connectivity index (χ3n) is 4.30. The van der Waals surface area contributed by atoms with E-state index >= 15 is 0 Å². The average molecular weight is 383 g/mol. The topological polar surface area (TPSA) is 79.5 Å². The summed E-state index contributed by atoms with van der Waals surface area (Å²) in [5.41, 5.74) is 1.54. The second kappa shape index (κ2) is 8.88. The molecule has 0 aliphatic rings. The van der Waals surface area contributed by atoms with Crippen molar-refractivity contribution in [2.24, 2.45) is 0 Å². The first kappa shape index (κ1) is 19.2. The van der Waals surface area contributed by atoms with Crippen molar-refractivity contribution in [3.63, 3.8) is 0 Å². The molecule has 2 aromatic carbocycles. The molecule has 140 valence electrons. The van der Waals surface area contributed by atoms with Crippen LogP contribution in [0.25, 0.3) is 22.1 Å². The van der Waals surface area contributed by atoms with Gasteiger partial charge in [-0.15, -0.1) is 0 Å². The molecule has 0 saturated heterocycles. The van der Waals surface area contributed by atoms with E-state index in [-0.39, 0.29) is 18.6 Å². The molecule has 27 heavy (non-hydrogen) atoms. The molecule has 0 unspecified atom stereocenters. The maximum atomic E-state index is 12.5. The van der Waals surface area contributed by atoms with Gasteiger partial charge in [0.25, 0.3) is 5.91 Å². The van der Waals surface area contributed by atoms with E-state index in [9.17, 15) is 14.7 Å². The molecule has 6 heteroatoms. The summed E-state index contributed by atoms with van der Waals surface area (Å²) < 4.78 is 5.38. The normalized spacial score (nSPS) is 12.1. The van der Waals surface area contributed by atoms with Crippen molar-refractivity contribution in [3.8, 4) is 11.1 Å². The van der Waals surface area contributed by atoms with Gasteiger partial charge in [0.1, 0.15) is 5.58 Å². The third kappa shape index (κ3) is 4.59. The van der Waals surface area contributed by atoms with E-state index in [1.165, 1.54) is 0 Å². The fourth-order valence-corrected chi connectivity index (χ4v) is 3.35.